The third-order valence-electron chi connectivity index (χ3n) is 22.2. The minimum absolute atomic E-state index is 0.0331. The largest absolute Gasteiger partial charge is 0.389 e. The Kier molecular flexibility index (Phi) is 27.2. The molecule has 0 spiro atoms. The number of nitrogens with one attached hydrogen (secondary N) is 3. The van der Waals surface area contributed by atoms with Crippen LogP contribution in [0.25, 0.3) is 33.5 Å². The normalized spacial score (nSPS) is 38.8. The lowest BCUT2D eigenvalue weighted by Gasteiger charge is -2.28. The molecule has 9 saturated heterocycles. The van der Waals surface area contributed by atoms with Crippen molar-refractivity contribution < 1.29 is 140 Å². The molecule has 0 saturated carbocycles. The molecule has 0 aromatic carbocycles. The number of aromatic amines is 3. The summed E-state index contributed by atoms with van der Waals surface area (Å²) in [6.07, 6.45) is -15.6. The number of H-pyrrole nitrogens is 3. The second-order valence-corrected chi connectivity index (χ2v) is 51.7. The highest BCUT2D eigenvalue weighted by Gasteiger charge is 2.59. The van der Waals surface area contributed by atoms with Crippen molar-refractivity contribution in [2.45, 2.75) is 162 Å². The number of nitrogens with two attached hydrogens (primary N) is 3. The number of ether oxygens (including phenoxy) is 3. The zero-order valence-corrected chi connectivity index (χ0v) is 80.1. The molecule has 135 heavy (non-hydrogen) atoms. The van der Waals surface area contributed by atoms with Crippen LogP contribution in [0.4, 0.5) is 48.5 Å². The van der Waals surface area contributed by atoms with E-state index in [9.17, 15) is 73.1 Å². The molecule has 17 N–H and O–H groups in total. The molecule has 21 rings (SSSR count). The molecule has 30 atom stereocenters. The van der Waals surface area contributed by atoms with Gasteiger partial charge in [0.2, 0.25) is 17.8 Å². The summed E-state index contributed by atoms with van der Waals surface area (Å²) in [4.78, 5) is 185. The number of hydrogen-bond donors (Lipinski definition) is 15. The molecular formula is C63H69F3N24O30P6S9. The number of aliphatic imine (C=N–C) groups is 3. The van der Waals surface area contributed by atoms with E-state index >= 15 is 13.2 Å². The Bertz CT molecular complexity index is 6250. The molecule has 9 aromatic heterocycles. The number of carbonyl (C=O) groups is 3. The lowest BCUT2D eigenvalue weighted by Crippen LogP contribution is -2.35. The predicted molar refractivity (Wildman–Crippen MR) is 485 cm³/mol. The van der Waals surface area contributed by atoms with Crippen molar-refractivity contribution in [2.75, 3.05) is 56.8 Å². The van der Waals surface area contributed by atoms with Gasteiger partial charge < -0.3 is 93.8 Å². The first-order valence-electron chi connectivity index (χ1n) is 39.3. The van der Waals surface area contributed by atoms with Gasteiger partial charge in [0.25, 0.3) is 16.7 Å². The summed E-state index contributed by atoms with van der Waals surface area (Å²) in [5, 5.41) is 28.3. The van der Waals surface area contributed by atoms with Crippen LogP contribution in [0.5, 0.6) is 0 Å². The number of aromatic nitrogens is 18. The Morgan fingerprint density at radius 1 is 0.393 bits per heavy atom. The molecule has 72 heteroatoms. The molecular weight excluding hydrogens is 2100 g/mol. The Morgan fingerprint density at radius 3 is 0.948 bits per heavy atom. The van der Waals surface area contributed by atoms with E-state index in [1.165, 1.54) is 84.0 Å². The van der Waals surface area contributed by atoms with Crippen molar-refractivity contribution >= 4 is 252 Å². The zero-order chi connectivity index (χ0) is 95.5. The summed E-state index contributed by atoms with van der Waals surface area (Å²) in [6, 6.07) is 0. The second kappa shape index (κ2) is 37.6. The number of halogens is 3. The van der Waals surface area contributed by atoms with Gasteiger partial charge in [0, 0.05) is 37.9 Å². The number of rotatable bonds is 6. The fourth-order valence-corrected chi connectivity index (χ4v) is 29.8. The first kappa shape index (κ1) is 97.7. The number of aliphatic hydroxyl groups is 3. The molecule has 9 fully saturated rings. The van der Waals surface area contributed by atoms with Crippen LogP contribution in [0.2, 0.25) is 0 Å². The summed E-state index contributed by atoms with van der Waals surface area (Å²) in [7, 11) is 0. The van der Waals surface area contributed by atoms with E-state index in [0.29, 0.717) is 0 Å². The quantitative estimate of drug-likeness (QED) is 0.0834. The average Bonchev–Trinajstić information content (AvgIpc) is 1.62. The molecule has 54 nitrogen and oxygen atoms in total. The third kappa shape index (κ3) is 19.3. The minimum Gasteiger partial charge on any atom is -0.389 e. The average molecular weight is 2170 g/mol. The van der Waals surface area contributed by atoms with Gasteiger partial charge in [-0.15, -0.1) is 35.3 Å². The van der Waals surface area contributed by atoms with Crippen LogP contribution < -0.4 is 33.9 Å². The summed E-state index contributed by atoms with van der Waals surface area (Å²) < 4.78 is 154. The lowest BCUT2D eigenvalue weighted by molar-refractivity contribution is -0.0458. The van der Waals surface area contributed by atoms with Crippen molar-refractivity contribution in [3.63, 3.8) is 0 Å². The smallest absolute Gasteiger partial charge is 0.386 e. The van der Waals surface area contributed by atoms with Gasteiger partial charge in [0.1, 0.15) is 71.1 Å². The molecule has 6 bridgehead atoms. The number of hydrogen-bond acceptors (Lipinski definition) is 48. The number of Topliss-reactive ketones (excluding diaryl/α,β-unsaturated/α-hetero) is 3. The third-order valence-corrected chi connectivity index (χ3v) is 36.3. The molecule has 726 valence electrons. The van der Waals surface area contributed by atoms with Gasteiger partial charge in [0.15, 0.2) is 123 Å². The summed E-state index contributed by atoms with van der Waals surface area (Å²) in [5.74, 6) is -1.29. The number of aliphatic hydroxyl groups excluding tert-OH is 3. The molecule has 21 heterocycles. The monoisotopic (exact) mass is 2170 g/mol. The van der Waals surface area contributed by atoms with Crippen molar-refractivity contribution in [1.82, 2.24) is 87.2 Å². The standard InChI is InChI=1S/3C21H23FN8O10P2S3/c3*22-10-14-8(38-19(10)29-5-25-11-7(31)1-2-24-16(11)29)3-36-41(34,43)40-15-13(32)9(4-37-42(35,44)39-14)45-20(15)30-6-26-12-17(30)27-21(23)28-18(12)33/h3*2,5-6,8-10,13-15,19-20,32H,1,3-4H2,(H,34,43)(H,35,44)(H3,23,27,28,33)/t3*8-,9-,10+,13-,14-,15-,19-,20-,41?,42?/m111/s1. The highest BCUT2D eigenvalue weighted by Crippen LogP contribution is 2.64. The first-order valence-corrected chi connectivity index (χ1v) is 57.8. The predicted octanol–water partition coefficient (Wildman–Crippen LogP) is 1.87. The zero-order valence-electron chi connectivity index (χ0n) is 67.3. The van der Waals surface area contributed by atoms with E-state index in [0.717, 1.165) is 35.3 Å². The molecule has 0 aliphatic carbocycles. The van der Waals surface area contributed by atoms with Crippen LogP contribution in [0, 0.1) is 0 Å². The lowest BCUT2D eigenvalue weighted by atomic mass is 10.1. The summed E-state index contributed by atoms with van der Waals surface area (Å²) in [5.41, 5.74) is 15.5. The van der Waals surface area contributed by atoms with Gasteiger partial charge in [-0.2, -0.15) is 15.0 Å². The number of thiol groups is 1. The second-order valence-electron chi connectivity index (χ2n) is 30.8. The first-order chi connectivity index (χ1) is 63.9. The summed E-state index contributed by atoms with van der Waals surface area (Å²) in [6.45, 7) is -28.5. The van der Waals surface area contributed by atoms with Crippen molar-refractivity contribution in [1.29, 1.82) is 0 Å². The van der Waals surface area contributed by atoms with Crippen LogP contribution in [-0.2, 0) is 132 Å². The number of nitrogen functional groups attached to an aromatic ring is 3. The van der Waals surface area contributed by atoms with Gasteiger partial charge in [-0.3, -0.25) is 103 Å². The van der Waals surface area contributed by atoms with E-state index in [2.05, 4.69) is 87.0 Å². The van der Waals surface area contributed by atoms with Crippen molar-refractivity contribution in [2.24, 2.45) is 15.0 Å². The van der Waals surface area contributed by atoms with Gasteiger partial charge in [-0.25, -0.2) is 62.6 Å². The Labute approximate surface area is 793 Å². The molecule has 0 amide bonds. The number of anilines is 3. The van der Waals surface area contributed by atoms with Crippen molar-refractivity contribution in [3.8, 4) is 0 Å². The van der Waals surface area contributed by atoms with Gasteiger partial charge in [0.05, 0.1) is 112 Å². The maximum atomic E-state index is 16.0. The molecule has 0 radical (unpaired) electrons. The highest BCUT2D eigenvalue weighted by atomic mass is 32.7. The van der Waals surface area contributed by atoms with Crippen LogP contribution in [-0.4, -0.2) is 310 Å². The van der Waals surface area contributed by atoms with Gasteiger partial charge in [-0.1, -0.05) is 12.2 Å². The Hall–Kier alpha value is -6.15. The van der Waals surface area contributed by atoms with Gasteiger partial charge >= 0.3 is 40.4 Å². The van der Waals surface area contributed by atoms with E-state index in [-0.39, 0.29) is 122 Å². The topological polar surface area (TPSA) is 728 Å². The van der Waals surface area contributed by atoms with Crippen LogP contribution in [0.3, 0.4) is 0 Å². The number of fused-ring (bicyclic) bond motifs is 15. The summed E-state index contributed by atoms with van der Waals surface area (Å²) >= 11 is 33.3. The number of thioether (sulfide) groups is 3. The maximum absolute atomic E-state index is 16.0. The molecule has 12 aliphatic rings. The van der Waals surface area contributed by atoms with Crippen molar-refractivity contribution in [3.05, 3.63) is 86.1 Å². The number of carbonyl (C=O) groups excluding carboxylic acids is 3. The van der Waals surface area contributed by atoms with E-state index in [1.807, 2.05) is 0 Å². The highest BCUT2D eigenvalue weighted by molar-refractivity contribution is 8.44. The molecule has 12 aliphatic heterocycles. The number of alkyl halides is 3. The van der Waals surface area contributed by atoms with Crippen LogP contribution >= 0.6 is 87.9 Å². The molecule has 9 aromatic rings. The number of imidazole rings is 6. The maximum Gasteiger partial charge on any atom is 0.386 e. The van der Waals surface area contributed by atoms with Crippen LogP contribution in [0.1, 0.15) is 85.5 Å². The number of nitrogens with zero attached hydrogens (tertiary/aromatic N) is 18. The van der Waals surface area contributed by atoms with Crippen LogP contribution in [0.15, 0.2) is 67.3 Å². The van der Waals surface area contributed by atoms with E-state index in [1.54, 1.807) is 0 Å². The van der Waals surface area contributed by atoms with E-state index < -0.39 is 239 Å². The minimum atomic E-state index is -4.35. The van der Waals surface area contributed by atoms with Gasteiger partial charge in [-0.05, 0) is 59.0 Å². The molecule has 6 unspecified atom stereocenters. The van der Waals surface area contributed by atoms with E-state index in [4.69, 9.17) is 145 Å². The fourth-order valence-electron chi connectivity index (χ4n) is 16.1. The number of ketones is 3. The Balaban J connectivity index is 0.000000130. The fraction of sp³-hybridized carbons (Fsp3) is 0.524. The Morgan fingerprint density at radius 2 is 0.652 bits per heavy atom. The SMILES string of the molecule is Nc1nc2c(ncn2[C@@H]2S[C@@H]3COP(O)(=S)O[C@H]4[C@H](F)[C@H](n5cnc6c5N=CCC6=O)O[C@@H]4COP(=O)(S)O[C@@H]2[C@@H]3O)c(=O)[nH]1.Nc1nc2c(ncn2[C@@H]2S[C@@H]3COP(O)(=S)O[C@H]4[C@H](F)[C@H](n5cnc6c5N=CCC6=O)O[C@@H]4COP(O)(=S)O[C@@H]2[C@@H]3O)c(=O)[nH]1.Nc1nc2c(ncn2[C@@H]2S[C@@H]3COP(O)(=S)O[C@H]4[C@H](F)[C@H](n5cnc6c5N=CCC6=O)O[C@@H]4COP(O)(=S)O[C@@H]2[C@@H]3O)c(=O)[nH]1.